The molecule has 0 aromatic carbocycles. The van der Waals surface area contributed by atoms with E-state index in [9.17, 15) is 0 Å². The second-order valence-electron chi connectivity index (χ2n) is 8.10. The molecule has 2 rings (SSSR count). The van der Waals surface area contributed by atoms with Gasteiger partial charge < -0.3 is 15.1 Å². The Morgan fingerprint density at radius 2 is 1.62 bits per heavy atom. The summed E-state index contributed by atoms with van der Waals surface area (Å²) in [5.41, 5.74) is 0.347. The van der Waals surface area contributed by atoms with Crippen molar-refractivity contribution in [2.75, 3.05) is 39.3 Å². The largest absolute Gasteiger partial charge is 0.312 e. The Labute approximate surface area is 132 Å². The molecule has 2 saturated heterocycles. The average molecular weight is 296 g/mol. The van der Waals surface area contributed by atoms with Gasteiger partial charge in [-0.1, -0.05) is 34.1 Å². The minimum absolute atomic E-state index is 0.347. The van der Waals surface area contributed by atoms with Crippen LogP contribution in [0.15, 0.2) is 0 Å². The zero-order chi connectivity index (χ0) is 15.3. The van der Waals surface area contributed by atoms with Gasteiger partial charge in [-0.2, -0.15) is 0 Å². The lowest BCUT2D eigenvalue weighted by Crippen LogP contribution is -2.52. The van der Waals surface area contributed by atoms with Crippen molar-refractivity contribution in [3.8, 4) is 0 Å². The van der Waals surface area contributed by atoms with Gasteiger partial charge in [0.1, 0.15) is 0 Å². The molecule has 0 aromatic heterocycles. The molecule has 0 aliphatic carbocycles. The van der Waals surface area contributed by atoms with Crippen LogP contribution in [0.25, 0.3) is 0 Å². The number of likely N-dealkylation sites (tertiary alicyclic amines) is 2. The first-order chi connectivity index (χ1) is 10.0. The number of likely N-dealkylation sites (N-methyl/N-ethyl adjacent to an activating group) is 1. The number of rotatable bonds is 5. The predicted molar refractivity (Wildman–Crippen MR) is 91.8 cm³/mol. The van der Waals surface area contributed by atoms with Crippen molar-refractivity contribution < 1.29 is 0 Å². The van der Waals surface area contributed by atoms with Gasteiger partial charge in [-0.25, -0.2) is 0 Å². The van der Waals surface area contributed by atoms with Crippen molar-refractivity contribution in [3.05, 3.63) is 0 Å². The topological polar surface area (TPSA) is 18.5 Å². The lowest BCUT2D eigenvalue weighted by molar-refractivity contribution is 0.0786. The Hall–Kier alpha value is -0.120. The van der Waals surface area contributed by atoms with Gasteiger partial charge in [0.2, 0.25) is 0 Å². The van der Waals surface area contributed by atoms with Crippen LogP contribution in [-0.2, 0) is 0 Å². The van der Waals surface area contributed by atoms with E-state index in [4.69, 9.17) is 0 Å². The Bertz CT molecular complexity index is 283. The van der Waals surface area contributed by atoms with E-state index in [0.717, 1.165) is 12.6 Å². The number of hydrogen-bond donors (Lipinski definition) is 1. The highest BCUT2D eigenvalue weighted by atomic mass is 15.2. The third kappa shape index (κ3) is 5.22. The van der Waals surface area contributed by atoms with Crippen LogP contribution in [0, 0.1) is 5.41 Å². The van der Waals surface area contributed by atoms with E-state index >= 15 is 0 Å². The van der Waals surface area contributed by atoms with Gasteiger partial charge in [0.15, 0.2) is 0 Å². The van der Waals surface area contributed by atoms with Crippen LogP contribution in [0.4, 0.5) is 0 Å². The highest BCUT2D eigenvalue weighted by Crippen LogP contribution is 2.24. The van der Waals surface area contributed by atoms with Crippen LogP contribution in [0.3, 0.4) is 0 Å². The van der Waals surface area contributed by atoms with E-state index in [0.29, 0.717) is 11.5 Å². The van der Waals surface area contributed by atoms with E-state index in [1.165, 1.54) is 64.8 Å². The van der Waals surface area contributed by atoms with E-state index in [1.807, 2.05) is 0 Å². The molecule has 2 heterocycles. The van der Waals surface area contributed by atoms with Gasteiger partial charge in [0.05, 0.1) is 0 Å². The summed E-state index contributed by atoms with van der Waals surface area (Å²) in [5.74, 6) is 0. The van der Waals surface area contributed by atoms with Gasteiger partial charge in [0, 0.05) is 18.6 Å². The normalized spacial score (nSPS) is 25.1. The van der Waals surface area contributed by atoms with Crippen molar-refractivity contribution in [2.24, 2.45) is 5.41 Å². The minimum Gasteiger partial charge on any atom is -0.312 e. The molecule has 2 fully saturated rings. The summed E-state index contributed by atoms with van der Waals surface area (Å²) < 4.78 is 0. The lowest BCUT2D eigenvalue weighted by atomic mass is 9.86. The smallest absolute Gasteiger partial charge is 0.0243 e. The Morgan fingerprint density at radius 3 is 2.14 bits per heavy atom. The molecule has 124 valence electrons. The summed E-state index contributed by atoms with van der Waals surface area (Å²) in [7, 11) is 0. The average Bonchev–Trinajstić information content (AvgIpc) is 2.47. The molecular formula is C18H37N3. The lowest BCUT2D eigenvalue weighted by Gasteiger charge is -2.42. The molecule has 1 atom stereocenters. The van der Waals surface area contributed by atoms with Crippen LogP contribution in [0.2, 0.25) is 0 Å². The molecule has 2 aliphatic heterocycles. The fraction of sp³-hybridized carbons (Fsp3) is 1.00. The monoisotopic (exact) mass is 295 g/mol. The first-order valence-electron chi connectivity index (χ1n) is 9.20. The van der Waals surface area contributed by atoms with Gasteiger partial charge in [-0.05, 0) is 63.8 Å². The van der Waals surface area contributed by atoms with E-state index in [2.05, 4.69) is 42.8 Å². The zero-order valence-corrected chi connectivity index (χ0v) is 14.8. The molecule has 1 unspecified atom stereocenters. The summed E-state index contributed by atoms with van der Waals surface area (Å²) in [6, 6.07) is 1.47. The summed E-state index contributed by atoms with van der Waals surface area (Å²) in [6.07, 6.45) is 7.05. The van der Waals surface area contributed by atoms with Gasteiger partial charge >= 0.3 is 0 Å². The van der Waals surface area contributed by atoms with Gasteiger partial charge in [-0.15, -0.1) is 0 Å². The van der Waals surface area contributed by atoms with Crippen LogP contribution >= 0.6 is 0 Å². The highest BCUT2D eigenvalue weighted by Gasteiger charge is 2.29. The molecular weight excluding hydrogens is 258 g/mol. The maximum Gasteiger partial charge on any atom is 0.0243 e. The first kappa shape index (κ1) is 17.2. The third-order valence-corrected chi connectivity index (χ3v) is 5.40. The SMILES string of the molecule is CCNC(CN1CCC(N2CCCCC2)CC1)C(C)(C)C. The zero-order valence-electron chi connectivity index (χ0n) is 14.8. The molecule has 2 aliphatic rings. The van der Waals surface area contributed by atoms with Crippen LogP contribution in [-0.4, -0.2) is 61.2 Å². The van der Waals surface area contributed by atoms with E-state index in [-0.39, 0.29) is 0 Å². The number of nitrogens with zero attached hydrogens (tertiary/aromatic N) is 2. The summed E-state index contributed by atoms with van der Waals surface area (Å²) >= 11 is 0. The number of nitrogens with one attached hydrogen (secondary N) is 1. The molecule has 0 saturated carbocycles. The molecule has 3 heteroatoms. The van der Waals surface area contributed by atoms with Crippen molar-refractivity contribution in [1.29, 1.82) is 0 Å². The van der Waals surface area contributed by atoms with Crippen LogP contribution < -0.4 is 5.32 Å². The van der Waals surface area contributed by atoms with Crippen molar-refractivity contribution in [2.45, 2.75) is 71.9 Å². The Kier molecular flexibility index (Phi) is 6.51. The van der Waals surface area contributed by atoms with Crippen LogP contribution in [0.5, 0.6) is 0 Å². The first-order valence-corrected chi connectivity index (χ1v) is 9.20. The number of piperidine rings is 2. The van der Waals surface area contributed by atoms with Crippen molar-refractivity contribution in [3.63, 3.8) is 0 Å². The molecule has 21 heavy (non-hydrogen) atoms. The predicted octanol–water partition coefficient (Wildman–Crippen LogP) is 2.96. The molecule has 1 N–H and O–H groups in total. The van der Waals surface area contributed by atoms with Crippen LogP contribution in [0.1, 0.15) is 59.8 Å². The minimum atomic E-state index is 0.347. The maximum absolute atomic E-state index is 3.69. The second-order valence-corrected chi connectivity index (χ2v) is 8.10. The fourth-order valence-electron chi connectivity index (χ4n) is 3.90. The standard InChI is InChI=1S/C18H37N3/c1-5-19-17(18(2,3)4)15-20-13-9-16(10-14-20)21-11-7-6-8-12-21/h16-17,19H,5-15H2,1-4H3. The highest BCUT2D eigenvalue weighted by molar-refractivity contribution is 4.87. The van der Waals surface area contributed by atoms with E-state index < -0.39 is 0 Å². The third-order valence-electron chi connectivity index (χ3n) is 5.40. The summed E-state index contributed by atoms with van der Waals surface area (Å²) in [4.78, 5) is 5.46. The number of hydrogen-bond acceptors (Lipinski definition) is 3. The second kappa shape index (κ2) is 7.94. The van der Waals surface area contributed by atoms with E-state index in [1.54, 1.807) is 0 Å². The summed E-state index contributed by atoms with van der Waals surface area (Å²) in [6.45, 7) is 16.9. The van der Waals surface area contributed by atoms with Crippen molar-refractivity contribution in [1.82, 2.24) is 15.1 Å². The van der Waals surface area contributed by atoms with Gasteiger partial charge in [0.25, 0.3) is 0 Å². The Morgan fingerprint density at radius 1 is 1.00 bits per heavy atom. The molecule has 0 amide bonds. The molecule has 0 spiro atoms. The fourth-order valence-corrected chi connectivity index (χ4v) is 3.90. The maximum atomic E-state index is 3.69. The Balaban J connectivity index is 1.77. The summed E-state index contributed by atoms with van der Waals surface area (Å²) in [5, 5.41) is 3.69. The molecule has 3 nitrogen and oxygen atoms in total. The quantitative estimate of drug-likeness (QED) is 0.841. The van der Waals surface area contributed by atoms with Gasteiger partial charge in [-0.3, -0.25) is 0 Å². The molecule has 0 aromatic rings. The molecule has 0 bridgehead atoms. The molecule has 0 radical (unpaired) electrons. The van der Waals surface area contributed by atoms with Crippen molar-refractivity contribution >= 4 is 0 Å².